The van der Waals surface area contributed by atoms with Crippen LogP contribution in [0.5, 0.6) is 0 Å². The number of rotatable bonds is 6. The number of nitrogens with zero attached hydrogens (tertiary/aromatic N) is 4. The van der Waals surface area contributed by atoms with Crippen LogP contribution in [0.4, 0.5) is 17.3 Å². The van der Waals surface area contributed by atoms with Crippen LogP contribution in [0.1, 0.15) is 25.3 Å². The molecule has 0 atom stereocenters. The number of benzene rings is 2. The average Bonchev–Trinajstić information content (AvgIpc) is 3.21. The zero-order valence-electron chi connectivity index (χ0n) is 21.4. The highest BCUT2D eigenvalue weighted by Crippen LogP contribution is 2.36. The van der Waals surface area contributed by atoms with Gasteiger partial charge >= 0.3 is 0 Å². The number of aliphatic hydroxyl groups is 1. The van der Waals surface area contributed by atoms with Gasteiger partial charge in [0.05, 0.1) is 17.8 Å². The molecular weight excluding hydrogens is 536 g/mol. The van der Waals surface area contributed by atoms with Crippen molar-refractivity contribution in [3.05, 3.63) is 76.6 Å². The van der Waals surface area contributed by atoms with Crippen molar-refractivity contribution >= 4 is 52.4 Å². The maximum Gasteiger partial charge on any atom is 0.265 e. The number of aliphatic hydroxyl groups excluding tert-OH is 1. The summed E-state index contributed by atoms with van der Waals surface area (Å²) in [5.41, 5.74) is 13.4. The number of halogens is 1. The summed E-state index contributed by atoms with van der Waals surface area (Å²) in [5, 5.41) is 11.7. The summed E-state index contributed by atoms with van der Waals surface area (Å²) in [6, 6.07) is 14.1. The summed E-state index contributed by atoms with van der Waals surface area (Å²) in [7, 11) is 0. The van der Waals surface area contributed by atoms with Crippen molar-refractivity contribution in [2.45, 2.75) is 41.6 Å². The Hall–Kier alpha value is -3.60. The second-order valence-corrected chi connectivity index (χ2v) is 11.5. The van der Waals surface area contributed by atoms with Gasteiger partial charge in [0.2, 0.25) is 0 Å². The summed E-state index contributed by atoms with van der Waals surface area (Å²) >= 11 is 7.83. The van der Waals surface area contributed by atoms with Gasteiger partial charge in [-0.25, -0.2) is 9.97 Å². The summed E-state index contributed by atoms with van der Waals surface area (Å²) in [6.45, 7) is 3.55. The largest absolute Gasteiger partial charge is 0.511 e. The van der Waals surface area contributed by atoms with E-state index in [2.05, 4.69) is 21.8 Å². The molecule has 0 unspecified atom stereocenters. The zero-order chi connectivity index (χ0) is 27.7. The Kier molecular flexibility index (Phi) is 7.53. The minimum Gasteiger partial charge on any atom is -0.511 e. The number of nitrogen functional groups attached to an aromatic ring is 1. The normalized spacial score (nSPS) is 18.5. The Morgan fingerprint density at radius 3 is 2.54 bits per heavy atom. The van der Waals surface area contributed by atoms with E-state index in [0.717, 1.165) is 31.7 Å². The molecule has 2 fully saturated rings. The molecule has 39 heavy (non-hydrogen) atoms. The summed E-state index contributed by atoms with van der Waals surface area (Å²) in [6.07, 6.45) is 3.44. The minimum absolute atomic E-state index is 0.00552. The third-order valence-corrected chi connectivity index (χ3v) is 8.46. The quantitative estimate of drug-likeness (QED) is 0.229. The molecule has 11 heteroatoms. The van der Waals surface area contributed by atoms with Crippen LogP contribution in [0.3, 0.4) is 0 Å². The highest BCUT2D eigenvalue weighted by atomic mass is 35.5. The number of aromatic nitrogens is 2. The molecule has 3 aromatic rings. The maximum atomic E-state index is 12.9. The van der Waals surface area contributed by atoms with E-state index >= 15 is 0 Å². The Morgan fingerprint density at radius 1 is 1.15 bits per heavy atom. The number of para-hydroxylation sites is 1. The van der Waals surface area contributed by atoms with Crippen molar-refractivity contribution in [3.8, 4) is 0 Å². The molecule has 0 spiro atoms. The van der Waals surface area contributed by atoms with E-state index in [1.165, 1.54) is 16.7 Å². The van der Waals surface area contributed by atoms with E-state index in [0.29, 0.717) is 32.0 Å². The molecule has 0 bridgehead atoms. The molecule has 5 rings (SSSR count). The van der Waals surface area contributed by atoms with Gasteiger partial charge in [-0.2, -0.15) is 0 Å². The standard InChI is InChI=1S/C28H29ClN6O3S/c1-28(31)9-11-34(12-10-28)23-15-32-26(25(30)33-23)39-22-8-7-17(13-19(22)29)14-20(36)24-21(37)16-35(27(24)38)18-5-3-2-4-6-18/h2-8,13,15,36H,9-12,14,16,31H2,1H3,(H2,30,33). The maximum absolute atomic E-state index is 12.9. The molecule has 0 radical (unpaired) electrons. The second-order valence-electron chi connectivity index (χ2n) is 10.1. The first kappa shape index (κ1) is 27.0. The number of amides is 1. The molecular formula is C28H29ClN6O3S. The van der Waals surface area contributed by atoms with Crippen LogP contribution in [0.2, 0.25) is 5.02 Å². The third-order valence-electron chi connectivity index (χ3n) is 6.95. The monoisotopic (exact) mass is 564 g/mol. The lowest BCUT2D eigenvalue weighted by Gasteiger charge is -2.37. The van der Waals surface area contributed by atoms with Gasteiger partial charge in [-0.1, -0.05) is 47.6 Å². The number of hydrogen-bond donors (Lipinski definition) is 3. The first-order chi connectivity index (χ1) is 18.6. The minimum atomic E-state index is -0.513. The topological polar surface area (TPSA) is 139 Å². The van der Waals surface area contributed by atoms with Crippen molar-refractivity contribution < 1.29 is 14.7 Å². The predicted octanol–water partition coefficient (Wildman–Crippen LogP) is 4.15. The zero-order valence-corrected chi connectivity index (χ0v) is 23.0. The molecule has 202 valence electrons. The lowest BCUT2D eigenvalue weighted by Crippen LogP contribution is -2.48. The van der Waals surface area contributed by atoms with Crippen LogP contribution in [-0.4, -0.2) is 51.9 Å². The fourth-order valence-electron chi connectivity index (χ4n) is 4.63. The van der Waals surface area contributed by atoms with Gasteiger partial charge in [0.15, 0.2) is 11.6 Å². The van der Waals surface area contributed by atoms with E-state index in [4.69, 9.17) is 23.1 Å². The number of nitrogens with two attached hydrogens (primary N) is 2. The van der Waals surface area contributed by atoms with Gasteiger partial charge in [0, 0.05) is 35.6 Å². The van der Waals surface area contributed by atoms with Crippen molar-refractivity contribution in [2.75, 3.05) is 35.2 Å². The van der Waals surface area contributed by atoms with Gasteiger partial charge in [0.1, 0.15) is 22.2 Å². The van der Waals surface area contributed by atoms with E-state index < -0.39 is 11.7 Å². The predicted molar refractivity (Wildman–Crippen MR) is 153 cm³/mol. The van der Waals surface area contributed by atoms with Crippen LogP contribution >= 0.6 is 23.4 Å². The van der Waals surface area contributed by atoms with E-state index in [9.17, 15) is 14.7 Å². The van der Waals surface area contributed by atoms with Gasteiger partial charge in [0.25, 0.3) is 5.91 Å². The van der Waals surface area contributed by atoms with Gasteiger partial charge in [-0.05, 0) is 49.6 Å². The van der Waals surface area contributed by atoms with E-state index in [1.807, 2.05) is 6.07 Å². The lowest BCUT2D eigenvalue weighted by atomic mass is 9.91. The highest BCUT2D eigenvalue weighted by molar-refractivity contribution is 7.99. The van der Waals surface area contributed by atoms with Crippen molar-refractivity contribution in [1.82, 2.24) is 9.97 Å². The molecule has 1 aromatic heterocycles. The van der Waals surface area contributed by atoms with Crippen molar-refractivity contribution in [3.63, 3.8) is 0 Å². The summed E-state index contributed by atoms with van der Waals surface area (Å²) in [5.74, 6) is -0.181. The number of carbonyl (C=O) groups is 2. The molecule has 9 nitrogen and oxygen atoms in total. The van der Waals surface area contributed by atoms with Crippen molar-refractivity contribution in [2.24, 2.45) is 5.73 Å². The molecule has 2 aliphatic rings. The Bertz CT molecular complexity index is 1450. The number of allylic oxidation sites excluding steroid dienone is 1. The first-order valence-electron chi connectivity index (χ1n) is 12.6. The first-order valence-corrected chi connectivity index (χ1v) is 13.8. The van der Waals surface area contributed by atoms with E-state index in [1.54, 1.807) is 48.7 Å². The number of hydrogen-bond acceptors (Lipinski definition) is 9. The fourth-order valence-corrected chi connectivity index (χ4v) is 5.71. The van der Waals surface area contributed by atoms with Crippen LogP contribution in [0.15, 0.2) is 76.0 Å². The molecule has 0 saturated carbocycles. The van der Waals surface area contributed by atoms with Crippen LogP contribution in [0.25, 0.3) is 0 Å². The summed E-state index contributed by atoms with van der Waals surface area (Å²) in [4.78, 5) is 38.7. The molecule has 0 aliphatic carbocycles. The van der Waals surface area contributed by atoms with Crippen LogP contribution in [-0.2, 0) is 16.0 Å². The number of anilines is 3. The lowest BCUT2D eigenvalue weighted by molar-refractivity contribution is -0.116. The van der Waals surface area contributed by atoms with Crippen LogP contribution < -0.4 is 21.3 Å². The summed E-state index contributed by atoms with van der Waals surface area (Å²) < 4.78 is 0. The highest BCUT2D eigenvalue weighted by Gasteiger charge is 2.37. The molecule has 5 N–H and O–H groups in total. The smallest absolute Gasteiger partial charge is 0.265 e. The van der Waals surface area contributed by atoms with Gasteiger partial charge < -0.3 is 26.4 Å². The molecule has 1 amide bonds. The molecule has 3 heterocycles. The second kappa shape index (κ2) is 10.9. The Morgan fingerprint density at radius 2 is 1.87 bits per heavy atom. The van der Waals surface area contributed by atoms with Crippen molar-refractivity contribution in [1.29, 1.82) is 0 Å². The number of ketones is 1. The average molecular weight is 565 g/mol. The Labute approximate surface area is 235 Å². The molecule has 2 aliphatic heterocycles. The Balaban J connectivity index is 1.27. The van der Waals surface area contributed by atoms with Gasteiger partial charge in [-0.3, -0.25) is 9.59 Å². The SMILES string of the molecule is CC1(N)CCN(c2cnc(Sc3ccc(CC(O)=C4C(=O)CN(c5ccccc5)C4=O)cc3Cl)c(N)n2)CC1. The van der Waals surface area contributed by atoms with Gasteiger partial charge in [-0.15, -0.1) is 0 Å². The number of Topliss-reactive ketones (excluding diaryl/α,β-unsaturated/α-hetero) is 1. The number of carbonyl (C=O) groups excluding carboxylic acids is 2. The third kappa shape index (κ3) is 5.88. The number of piperidine rings is 1. The van der Waals surface area contributed by atoms with E-state index in [-0.39, 0.29) is 29.8 Å². The molecule has 2 saturated heterocycles. The fraction of sp³-hybridized carbons (Fsp3) is 0.286. The molecule has 2 aromatic carbocycles. The van der Waals surface area contributed by atoms with Crippen LogP contribution in [0, 0.1) is 0 Å².